The van der Waals surface area contributed by atoms with Gasteiger partial charge >= 0.3 is 6.03 Å². The van der Waals surface area contributed by atoms with Crippen LogP contribution in [0.4, 0.5) is 15.0 Å². The van der Waals surface area contributed by atoms with Crippen molar-refractivity contribution in [2.45, 2.75) is 13.1 Å². The van der Waals surface area contributed by atoms with E-state index in [4.69, 9.17) is 0 Å². The van der Waals surface area contributed by atoms with E-state index in [2.05, 4.69) is 27.1 Å². The highest BCUT2D eigenvalue weighted by Crippen LogP contribution is 2.13. The summed E-state index contributed by atoms with van der Waals surface area (Å²) in [5.74, 6) is 0.699. The number of hydrogen-bond acceptors (Lipinski definition) is 4. The van der Waals surface area contributed by atoms with Gasteiger partial charge in [0, 0.05) is 52.5 Å². The first-order valence-electron chi connectivity index (χ1n) is 9.13. The number of piperazine rings is 1. The minimum Gasteiger partial charge on any atom is -0.354 e. The number of aromatic nitrogens is 1. The summed E-state index contributed by atoms with van der Waals surface area (Å²) in [6, 6.07) is 9.99. The second-order valence-corrected chi connectivity index (χ2v) is 6.96. The Balaban J connectivity index is 1.47. The van der Waals surface area contributed by atoms with E-state index >= 15 is 0 Å². The fraction of sp³-hybridized carbons (Fsp3) is 0.400. The number of hydrogen-bond donors (Lipinski definition) is 1. The molecular weight excluding hydrogens is 345 g/mol. The lowest BCUT2D eigenvalue weighted by molar-refractivity contribution is 0.206. The molecule has 1 aromatic heterocycles. The molecule has 27 heavy (non-hydrogen) atoms. The fourth-order valence-corrected chi connectivity index (χ4v) is 2.99. The number of nitrogens with zero attached hydrogens (tertiary/aromatic N) is 4. The van der Waals surface area contributed by atoms with Crippen LogP contribution < -0.4 is 10.2 Å². The van der Waals surface area contributed by atoms with Crippen LogP contribution in [0.1, 0.15) is 11.1 Å². The van der Waals surface area contributed by atoms with Crippen molar-refractivity contribution in [1.82, 2.24) is 20.1 Å². The number of benzene rings is 1. The average Bonchev–Trinajstić information content (AvgIpc) is 2.69. The van der Waals surface area contributed by atoms with Crippen LogP contribution in [-0.4, -0.2) is 61.1 Å². The number of pyridine rings is 1. The molecule has 7 heteroatoms. The highest BCUT2D eigenvalue weighted by molar-refractivity contribution is 5.73. The van der Waals surface area contributed by atoms with Gasteiger partial charge in [-0.25, -0.2) is 14.2 Å². The smallest absolute Gasteiger partial charge is 0.317 e. The molecular formula is C20H26FN5O. The summed E-state index contributed by atoms with van der Waals surface area (Å²) in [5, 5.41) is 2.89. The van der Waals surface area contributed by atoms with Crippen LogP contribution in [0, 0.1) is 5.82 Å². The van der Waals surface area contributed by atoms with E-state index in [1.807, 2.05) is 18.3 Å². The molecule has 1 N–H and O–H groups in total. The van der Waals surface area contributed by atoms with E-state index < -0.39 is 0 Å². The van der Waals surface area contributed by atoms with Crippen molar-refractivity contribution in [2.75, 3.05) is 45.2 Å². The van der Waals surface area contributed by atoms with Gasteiger partial charge in [-0.15, -0.1) is 0 Å². The third-order valence-corrected chi connectivity index (χ3v) is 4.76. The Labute approximate surface area is 159 Å². The lowest BCUT2D eigenvalue weighted by atomic mass is 10.2. The van der Waals surface area contributed by atoms with Gasteiger partial charge in [-0.05, 0) is 36.4 Å². The SMILES string of the molecule is CN1CCN(c2ccc(CNC(=O)N(C)Cc3ccc(F)cc3)cn2)CC1. The molecule has 144 valence electrons. The van der Waals surface area contributed by atoms with E-state index in [1.165, 1.54) is 12.1 Å². The molecule has 1 aromatic carbocycles. The Morgan fingerprint density at radius 2 is 1.78 bits per heavy atom. The third kappa shape index (κ3) is 5.40. The van der Waals surface area contributed by atoms with Gasteiger partial charge in [-0.2, -0.15) is 0 Å². The number of anilines is 1. The Morgan fingerprint density at radius 3 is 2.41 bits per heavy atom. The first-order chi connectivity index (χ1) is 13.0. The molecule has 0 radical (unpaired) electrons. The highest BCUT2D eigenvalue weighted by atomic mass is 19.1. The molecule has 1 aliphatic rings. The van der Waals surface area contributed by atoms with E-state index in [1.54, 1.807) is 24.1 Å². The summed E-state index contributed by atoms with van der Waals surface area (Å²) >= 11 is 0. The minimum absolute atomic E-state index is 0.178. The van der Waals surface area contributed by atoms with Crippen molar-refractivity contribution in [3.63, 3.8) is 0 Å². The van der Waals surface area contributed by atoms with Gasteiger partial charge in [0.25, 0.3) is 0 Å². The zero-order valence-corrected chi connectivity index (χ0v) is 15.9. The molecule has 6 nitrogen and oxygen atoms in total. The Bertz CT molecular complexity index is 742. The monoisotopic (exact) mass is 371 g/mol. The van der Waals surface area contributed by atoms with E-state index in [0.29, 0.717) is 13.1 Å². The maximum absolute atomic E-state index is 13.0. The maximum atomic E-state index is 13.0. The first kappa shape index (κ1) is 19.1. The predicted octanol–water partition coefficient (Wildman–Crippen LogP) is 2.31. The summed E-state index contributed by atoms with van der Waals surface area (Å²) in [6.45, 7) is 4.89. The summed E-state index contributed by atoms with van der Waals surface area (Å²) in [6.07, 6.45) is 1.81. The highest BCUT2D eigenvalue weighted by Gasteiger charge is 2.15. The first-order valence-corrected chi connectivity index (χ1v) is 9.13. The number of amides is 2. The van der Waals surface area contributed by atoms with E-state index in [-0.39, 0.29) is 11.8 Å². The van der Waals surface area contributed by atoms with Gasteiger partial charge in [0.05, 0.1) is 0 Å². The van der Waals surface area contributed by atoms with Crippen molar-refractivity contribution in [3.05, 3.63) is 59.5 Å². The lowest BCUT2D eigenvalue weighted by Gasteiger charge is -2.33. The second-order valence-electron chi connectivity index (χ2n) is 6.96. The van der Waals surface area contributed by atoms with Crippen molar-refractivity contribution in [3.8, 4) is 0 Å². The molecule has 0 bridgehead atoms. The molecule has 0 aliphatic carbocycles. The van der Waals surface area contributed by atoms with Crippen LogP contribution >= 0.6 is 0 Å². The zero-order valence-electron chi connectivity index (χ0n) is 15.9. The third-order valence-electron chi connectivity index (χ3n) is 4.76. The standard InChI is InChI=1S/C20H26FN5O/c1-24-9-11-26(12-10-24)19-8-5-17(13-22-19)14-23-20(27)25(2)15-16-3-6-18(21)7-4-16/h3-8,13H,9-12,14-15H2,1-2H3,(H,23,27). The van der Waals surface area contributed by atoms with Crippen molar-refractivity contribution in [1.29, 1.82) is 0 Å². The van der Waals surface area contributed by atoms with Crippen LogP contribution in [-0.2, 0) is 13.1 Å². The topological polar surface area (TPSA) is 51.7 Å². The fourth-order valence-electron chi connectivity index (χ4n) is 2.99. The van der Waals surface area contributed by atoms with Gasteiger partial charge in [0.2, 0.25) is 0 Å². The molecule has 0 spiro atoms. The molecule has 2 aromatic rings. The Kier molecular flexibility index (Phi) is 6.24. The largest absolute Gasteiger partial charge is 0.354 e. The van der Waals surface area contributed by atoms with Crippen molar-refractivity contribution >= 4 is 11.8 Å². The van der Waals surface area contributed by atoms with Gasteiger partial charge < -0.3 is 20.0 Å². The van der Waals surface area contributed by atoms with Crippen molar-refractivity contribution in [2.24, 2.45) is 0 Å². The normalized spacial score (nSPS) is 14.9. The average molecular weight is 371 g/mol. The Hall–Kier alpha value is -2.67. The number of carbonyl (C=O) groups excluding carboxylic acids is 1. The molecule has 0 saturated carbocycles. The molecule has 0 unspecified atom stereocenters. The zero-order chi connectivity index (χ0) is 19.2. The number of nitrogens with one attached hydrogen (secondary N) is 1. The van der Waals surface area contributed by atoms with Crippen LogP contribution in [0.15, 0.2) is 42.6 Å². The van der Waals surface area contributed by atoms with E-state index in [9.17, 15) is 9.18 Å². The number of urea groups is 1. The molecule has 1 fully saturated rings. The van der Waals surface area contributed by atoms with Crippen molar-refractivity contribution < 1.29 is 9.18 Å². The molecule has 2 heterocycles. The molecule has 2 amide bonds. The van der Waals surface area contributed by atoms with Crippen LogP contribution in [0.2, 0.25) is 0 Å². The summed E-state index contributed by atoms with van der Waals surface area (Å²) in [4.78, 5) is 22.9. The minimum atomic E-state index is -0.279. The van der Waals surface area contributed by atoms with E-state index in [0.717, 1.165) is 43.1 Å². The molecule has 0 atom stereocenters. The van der Waals surface area contributed by atoms with Gasteiger partial charge in [0.1, 0.15) is 11.6 Å². The Morgan fingerprint density at radius 1 is 1.11 bits per heavy atom. The van der Waals surface area contributed by atoms with Gasteiger partial charge in [-0.3, -0.25) is 0 Å². The lowest BCUT2D eigenvalue weighted by Crippen LogP contribution is -2.44. The molecule has 3 rings (SSSR count). The summed E-state index contributed by atoms with van der Waals surface area (Å²) in [5.41, 5.74) is 1.84. The summed E-state index contributed by atoms with van der Waals surface area (Å²) < 4.78 is 13.0. The number of carbonyl (C=O) groups is 1. The molecule has 1 saturated heterocycles. The van der Waals surface area contributed by atoms with Crippen LogP contribution in [0.3, 0.4) is 0 Å². The number of likely N-dealkylation sites (N-methyl/N-ethyl adjacent to an activating group) is 1. The van der Waals surface area contributed by atoms with Gasteiger partial charge in [0.15, 0.2) is 0 Å². The summed E-state index contributed by atoms with van der Waals surface area (Å²) in [7, 11) is 3.84. The number of rotatable bonds is 5. The molecule has 1 aliphatic heterocycles. The van der Waals surface area contributed by atoms with Gasteiger partial charge in [-0.1, -0.05) is 18.2 Å². The van der Waals surface area contributed by atoms with Crippen LogP contribution in [0.5, 0.6) is 0 Å². The second kappa shape index (κ2) is 8.81. The number of halogens is 1. The maximum Gasteiger partial charge on any atom is 0.317 e. The van der Waals surface area contributed by atoms with Crippen LogP contribution in [0.25, 0.3) is 0 Å². The predicted molar refractivity (Wildman–Crippen MR) is 104 cm³/mol. The quantitative estimate of drug-likeness (QED) is 0.876.